The number of carbonyl (C=O) groups excluding carboxylic acids is 1. The summed E-state index contributed by atoms with van der Waals surface area (Å²) >= 11 is 5.97. The third kappa shape index (κ3) is 3.28. The maximum atomic E-state index is 14.6. The highest BCUT2D eigenvalue weighted by Gasteiger charge is 2.35. The van der Waals surface area contributed by atoms with Crippen molar-refractivity contribution in [2.24, 2.45) is 0 Å². The number of anilines is 1. The van der Waals surface area contributed by atoms with Crippen LogP contribution in [0.3, 0.4) is 0 Å². The Bertz CT molecular complexity index is 1010. The summed E-state index contributed by atoms with van der Waals surface area (Å²) in [5.41, 5.74) is 0.843. The molecule has 0 spiro atoms. The van der Waals surface area contributed by atoms with Gasteiger partial charge in [-0.3, -0.25) is 4.90 Å². The van der Waals surface area contributed by atoms with Gasteiger partial charge in [0.1, 0.15) is 22.5 Å². The SMILES string of the molecule is CN(C(=O)OC(C)(C)C)c1cc(F)c(C#N)c2c1Cc1c-2cc(Cl)c[n+]1[O-]. The van der Waals surface area contributed by atoms with E-state index in [1.807, 2.05) is 6.07 Å². The van der Waals surface area contributed by atoms with Gasteiger partial charge in [-0.05, 0) is 38.5 Å². The number of ether oxygens (including phenoxy) is 1. The minimum Gasteiger partial charge on any atom is -0.618 e. The molecule has 0 unspecified atom stereocenters. The summed E-state index contributed by atoms with van der Waals surface area (Å²) in [7, 11) is 1.45. The highest BCUT2D eigenvalue weighted by Crippen LogP contribution is 2.44. The van der Waals surface area contributed by atoms with Gasteiger partial charge in [0.15, 0.2) is 6.20 Å². The van der Waals surface area contributed by atoms with Crippen molar-refractivity contribution in [1.82, 2.24) is 0 Å². The summed E-state index contributed by atoms with van der Waals surface area (Å²) in [5.74, 6) is -0.785. The largest absolute Gasteiger partial charge is 0.618 e. The fourth-order valence-corrected chi connectivity index (χ4v) is 3.31. The summed E-state index contributed by atoms with van der Waals surface area (Å²) in [6.45, 7) is 5.17. The predicted octanol–water partition coefficient (Wildman–Crippen LogP) is 3.93. The summed E-state index contributed by atoms with van der Waals surface area (Å²) in [4.78, 5) is 13.6. The average Bonchev–Trinajstić information content (AvgIpc) is 2.91. The van der Waals surface area contributed by atoms with Crippen LogP contribution in [0.5, 0.6) is 0 Å². The van der Waals surface area contributed by atoms with Crippen LogP contribution in [0.15, 0.2) is 18.3 Å². The number of carbonyl (C=O) groups is 1. The summed E-state index contributed by atoms with van der Waals surface area (Å²) in [5, 5.41) is 21.8. The van der Waals surface area contributed by atoms with Gasteiger partial charge in [-0.15, -0.1) is 0 Å². The molecule has 0 fully saturated rings. The van der Waals surface area contributed by atoms with E-state index in [4.69, 9.17) is 16.3 Å². The number of hydrogen-bond acceptors (Lipinski definition) is 4. The predicted molar refractivity (Wildman–Crippen MR) is 98.0 cm³/mol. The van der Waals surface area contributed by atoms with Crippen molar-refractivity contribution >= 4 is 23.4 Å². The Balaban J connectivity index is 2.20. The van der Waals surface area contributed by atoms with Gasteiger partial charge in [0.25, 0.3) is 0 Å². The number of pyridine rings is 1. The molecule has 0 saturated heterocycles. The molecule has 1 aliphatic rings. The molecule has 0 radical (unpaired) electrons. The van der Waals surface area contributed by atoms with Gasteiger partial charge < -0.3 is 9.94 Å². The molecule has 0 saturated carbocycles. The standard InChI is InChI=1S/C19H17ClFN3O3/c1-19(2,3)27-18(25)23(4)15-7-14(21)13(8-22)17-11-5-10(20)9-24(26)16(11)6-12(15)17/h5,7,9H,6H2,1-4H3. The Kier molecular flexibility index (Phi) is 4.48. The van der Waals surface area contributed by atoms with Gasteiger partial charge in [0.2, 0.25) is 5.69 Å². The Morgan fingerprint density at radius 2 is 2.11 bits per heavy atom. The van der Waals surface area contributed by atoms with E-state index < -0.39 is 17.5 Å². The third-order valence-corrected chi connectivity index (χ3v) is 4.42. The van der Waals surface area contributed by atoms with Crippen LogP contribution in [0.25, 0.3) is 11.1 Å². The molecule has 27 heavy (non-hydrogen) atoms. The lowest BCUT2D eigenvalue weighted by Gasteiger charge is -2.26. The van der Waals surface area contributed by atoms with Crippen molar-refractivity contribution in [3.05, 3.63) is 51.2 Å². The summed E-state index contributed by atoms with van der Waals surface area (Å²) in [6.07, 6.45) is 0.673. The van der Waals surface area contributed by atoms with Gasteiger partial charge >= 0.3 is 6.09 Å². The van der Waals surface area contributed by atoms with Crippen LogP contribution < -0.4 is 9.63 Å². The molecule has 0 atom stereocenters. The fourth-order valence-electron chi connectivity index (χ4n) is 3.12. The molecular formula is C19H17ClFN3O3. The monoisotopic (exact) mass is 389 g/mol. The molecule has 3 rings (SSSR count). The van der Waals surface area contributed by atoms with E-state index in [2.05, 4.69) is 0 Å². The first-order chi connectivity index (χ1) is 12.5. The molecule has 1 amide bonds. The van der Waals surface area contributed by atoms with Crippen LogP contribution in [0.1, 0.15) is 37.6 Å². The first-order valence-electron chi connectivity index (χ1n) is 8.17. The molecule has 8 heteroatoms. The number of hydrogen-bond donors (Lipinski definition) is 0. The summed E-state index contributed by atoms with van der Waals surface area (Å²) in [6, 6.07) is 4.48. The van der Waals surface area contributed by atoms with Crippen LogP contribution >= 0.6 is 11.6 Å². The molecule has 0 aliphatic heterocycles. The van der Waals surface area contributed by atoms with E-state index in [9.17, 15) is 19.7 Å². The van der Waals surface area contributed by atoms with Crippen LogP contribution in [0, 0.1) is 22.4 Å². The summed E-state index contributed by atoms with van der Waals surface area (Å²) < 4.78 is 20.6. The van der Waals surface area contributed by atoms with Crippen LogP contribution in [0.2, 0.25) is 5.02 Å². The number of fused-ring (bicyclic) bond motifs is 3. The minimum atomic E-state index is -0.785. The van der Waals surface area contributed by atoms with Crippen LogP contribution in [0.4, 0.5) is 14.9 Å². The first kappa shape index (κ1) is 18.9. The maximum absolute atomic E-state index is 14.6. The van der Waals surface area contributed by atoms with Crippen molar-refractivity contribution in [1.29, 1.82) is 5.26 Å². The molecule has 140 valence electrons. The van der Waals surface area contributed by atoms with E-state index in [-0.39, 0.29) is 28.3 Å². The molecular weight excluding hydrogens is 373 g/mol. The smallest absolute Gasteiger partial charge is 0.414 e. The van der Waals surface area contributed by atoms with Crippen molar-refractivity contribution in [3.8, 4) is 17.2 Å². The number of amides is 1. The topological polar surface area (TPSA) is 80.3 Å². The lowest BCUT2D eigenvalue weighted by molar-refractivity contribution is -0.612. The fraction of sp³-hybridized carbons (Fsp3) is 0.316. The van der Waals surface area contributed by atoms with Crippen LogP contribution in [-0.2, 0) is 11.2 Å². The molecule has 1 aromatic heterocycles. The molecule has 0 N–H and O–H groups in total. The lowest BCUT2D eigenvalue weighted by atomic mass is 9.98. The number of halogens is 2. The number of nitrogens with zero attached hydrogens (tertiary/aromatic N) is 3. The van der Waals surface area contributed by atoms with Gasteiger partial charge in [0, 0.05) is 12.6 Å². The van der Waals surface area contributed by atoms with E-state index in [1.165, 1.54) is 24.2 Å². The molecule has 1 heterocycles. The van der Waals surface area contributed by atoms with E-state index >= 15 is 0 Å². The van der Waals surface area contributed by atoms with E-state index in [0.717, 1.165) is 6.07 Å². The van der Waals surface area contributed by atoms with Gasteiger partial charge in [0.05, 0.1) is 23.2 Å². The second kappa shape index (κ2) is 6.39. The van der Waals surface area contributed by atoms with Crippen molar-refractivity contribution in [2.75, 3.05) is 11.9 Å². The molecule has 0 bridgehead atoms. The quantitative estimate of drug-likeness (QED) is 0.466. The van der Waals surface area contributed by atoms with E-state index in [1.54, 1.807) is 20.8 Å². The molecule has 6 nitrogen and oxygen atoms in total. The zero-order chi connectivity index (χ0) is 20.1. The average molecular weight is 390 g/mol. The molecule has 1 aromatic carbocycles. The highest BCUT2D eigenvalue weighted by atomic mass is 35.5. The highest BCUT2D eigenvalue weighted by molar-refractivity contribution is 6.30. The molecule has 2 aromatic rings. The second-order valence-corrected chi connectivity index (χ2v) is 7.71. The van der Waals surface area contributed by atoms with Crippen molar-refractivity contribution in [3.63, 3.8) is 0 Å². The van der Waals surface area contributed by atoms with E-state index in [0.29, 0.717) is 21.6 Å². The van der Waals surface area contributed by atoms with Crippen LogP contribution in [-0.4, -0.2) is 18.7 Å². The molecule has 1 aliphatic carbocycles. The zero-order valence-corrected chi connectivity index (χ0v) is 16.0. The second-order valence-electron chi connectivity index (χ2n) is 7.28. The maximum Gasteiger partial charge on any atom is 0.414 e. The minimum absolute atomic E-state index is 0.142. The van der Waals surface area contributed by atoms with Crippen molar-refractivity contribution in [2.45, 2.75) is 32.8 Å². The number of benzene rings is 1. The number of rotatable bonds is 1. The lowest BCUT2D eigenvalue weighted by Crippen LogP contribution is -2.35. The van der Waals surface area contributed by atoms with Gasteiger partial charge in [-0.1, -0.05) is 11.6 Å². The Morgan fingerprint density at radius 1 is 1.44 bits per heavy atom. The Labute approximate surface area is 160 Å². The van der Waals surface area contributed by atoms with Crippen molar-refractivity contribution < 1.29 is 18.7 Å². The normalized spacial score (nSPS) is 12.2. The first-order valence-corrected chi connectivity index (χ1v) is 8.55. The third-order valence-electron chi connectivity index (χ3n) is 4.22. The Hall–Kier alpha value is -2.85. The number of aromatic nitrogens is 1. The zero-order valence-electron chi connectivity index (χ0n) is 15.3. The Morgan fingerprint density at radius 3 is 2.70 bits per heavy atom. The van der Waals surface area contributed by atoms with Gasteiger partial charge in [-0.2, -0.15) is 9.99 Å². The van der Waals surface area contributed by atoms with Gasteiger partial charge in [-0.25, -0.2) is 9.18 Å². The number of nitriles is 1.